The molecule has 0 aliphatic rings. The standard InChI is InChI=1S/C26H21N2S.C13H24O2.Ir/c1-26(2,3)23-13-19(12-17-6-4-5-7-20(17)23)24-14-18(8-11-28-24)22-16-29-25-15-27-10-9-21(22)25;1-5-10(6-2)12(14)9-13(15)11(7-3)8-4;/h4-11,13-16H,1-3H3;9-11,14H,5-8H2,1-4H3;/q-1;;/b;12-9-;. The molecule has 5 rings (SSSR count). The van der Waals surface area contributed by atoms with Crippen molar-refractivity contribution < 1.29 is 30.0 Å². The summed E-state index contributed by atoms with van der Waals surface area (Å²) < 4.78 is 1.20. The molecule has 2 aromatic carbocycles. The Morgan fingerprint density at radius 3 is 2.29 bits per heavy atom. The van der Waals surface area contributed by atoms with Gasteiger partial charge in [-0.25, -0.2) is 0 Å². The molecule has 0 saturated carbocycles. The minimum absolute atomic E-state index is 0. The molecule has 0 spiro atoms. The number of aliphatic hydroxyl groups excluding tert-OH is 1. The summed E-state index contributed by atoms with van der Waals surface area (Å²) in [6.07, 6.45) is 10.6. The molecule has 4 nitrogen and oxygen atoms in total. The van der Waals surface area contributed by atoms with Gasteiger partial charge in [-0.2, -0.15) is 0 Å². The first-order chi connectivity index (χ1) is 21.1. The van der Waals surface area contributed by atoms with Crippen LogP contribution in [-0.4, -0.2) is 20.9 Å². The van der Waals surface area contributed by atoms with Gasteiger partial charge in [0, 0.05) is 67.7 Å². The number of ketones is 1. The van der Waals surface area contributed by atoms with Crippen molar-refractivity contribution in [2.75, 3.05) is 0 Å². The number of pyridine rings is 2. The molecule has 3 aromatic heterocycles. The van der Waals surface area contributed by atoms with Crippen LogP contribution in [0.3, 0.4) is 0 Å². The van der Waals surface area contributed by atoms with Crippen LogP contribution in [-0.2, 0) is 30.3 Å². The van der Waals surface area contributed by atoms with Gasteiger partial charge in [-0.05, 0) is 59.7 Å². The maximum atomic E-state index is 11.7. The molecule has 1 N–H and O–H groups in total. The Bertz CT molecular complexity index is 1740. The third kappa shape index (κ3) is 8.76. The number of fused-ring (bicyclic) bond motifs is 2. The summed E-state index contributed by atoms with van der Waals surface area (Å²) in [5, 5.41) is 15.6. The van der Waals surface area contributed by atoms with Crippen LogP contribution >= 0.6 is 11.3 Å². The molecule has 0 saturated heterocycles. The van der Waals surface area contributed by atoms with Gasteiger partial charge in [-0.1, -0.05) is 83.7 Å². The van der Waals surface area contributed by atoms with Gasteiger partial charge >= 0.3 is 0 Å². The molecule has 0 fully saturated rings. The quantitative estimate of drug-likeness (QED) is 0.0917. The number of aromatic nitrogens is 2. The zero-order chi connectivity index (χ0) is 31.9. The van der Waals surface area contributed by atoms with E-state index in [2.05, 4.69) is 90.7 Å². The van der Waals surface area contributed by atoms with Gasteiger partial charge in [-0.3, -0.25) is 14.8 Å². The predicted octanol–water partition coefficient (Wildman–Crippen LogP) is 11.1. The van der Waals surface area contributed by atoms with Gasteiger partial charge in [0.1, 0.15) is 0 Å². The Labute approximate surface area is 286 Å². The van der Waals surface area contributed by atoms with Crippen molar-refractivity contribution >= 4 is 38.0 Å². The number of rotatable bonds is 9. The van der Waals surface area contributed by atoms with Crippen molar-refractivity contribution in [3.63, 3.8) is 0 Å². The van der Waals surface area contributed by atoms with Gasteiger partial charge < -0.3 is 5.11 Å². The molecule has 45 heavy (non-hydrogen) atoms. The fourth-order valence-corrected chi connectivity index (χ4v) is 6.55. The van der Waals surface area contributed by atoms with Crippen LogP contribution in [0.25, 0.3) is 43.2 Å². The summed E-state index contributed by atoms with van der Waals surface area (Å²) in [5.41, 5.74) is 5.75. The zero-order valence-corrected chi connectivity index (χ0v) is 30.7. The van der Waals surface area contributed by atoms with E-state index in [1.165, 1.54) is 38.2 Å². The molecule has 6 heteroatoms. The summed E-state index contributed by atoms with van der Waals surface area (Å²) >= 11 is 1.73. The number of nitrogens with zero attached hydrogens (tertiary/aromatic N) is 2. The normalized spacial score (nSPS) is 11.9. The van der Waals surface area contributed by atoms with Gasteiger partial charge in [-0.15, -0.1) is 40.5 Å². The molecular formula is C39H45IrN2O2S-. The largest absolute Gasteiger partial charge is 0.512 e. The van der Waals surface area contributed by atoms with Crippen LogP contribution in [0.2, 0.25) is 0 Å². The Morgan fingerprint density at radius 1 is 0.933 bits per heavy atom. The van der Waals surface area contributed by atoms with E-state index in [0.717, 1.165) is 42.3 Å². The molecule has 0 bridgehead atoms. The molecule has 0 amide bonds. The molecule has 0 unspecified atom stereocenters. The molecule has 0 aliphatic heterocycles. The number of carbonyl (C=O) groups excluding carboxylic acids is 1. The Kier molecular flexibility index (Phi) is 13.2. The second-order valence-corrected chi connectivity index (χ2v) is 13.3. The fourth-order valence-electron chi connectivity index (χ4n) is 5.62. The number of hydrogen-bond donors (Lipinski definition) is 1. The van der Waals surface area contributed by atoms with E-state index in [-0.39, 0.29) is 48.9 Å². The summed E-state index contributed by atoms with van der Waals surface area (Å²) in [6, 6.07) is 20.7. The first kappa shape index (κ1) is 36.3. The maximum Gasteiger partial charge on any atom is 0.162 e. The van der Waals surface area contributed by atoms with E-state index < -0.39 is 0 Å². The molecule has 3 heterocycles. The molecule has 0 atom stereocenters. The minimum Gasteiger partial charge on any atom is -0.512 e. The number of allylic oxidation sites excluding steroid dienone is 2. The van der Waals surface area contributed by atoms with E-state index in [4.69, 9.17) is 0 Å². The van der Waals surface area contributed by atoms with Crippen molar-refractivity contribution in [2.45, 2.75) is 79.6 Å². The van der Waals surface area contributed by atoms with Crippen LogP contribution in [0, 0.1) is 17.9 Å². The monoisotopic (exact) mass is 798 g/mol. The van der Waals surface area contributed by atoms with Crippen molar-refractivity contribution in [1.29, 1.82) is 0 Å². The number of carbonyl (C=O) groups is 1. The van der Waals surface area contributed by atoms with Crippen molar-refractivity contribution in [1.82, 2.24) is 9.97 Å². The number of thiophene rings is 1. The average molecular weight is 798 g/mol. The van der Waals surface area contributed by atoms with Gasteiger partial charge in [0.15, 0.2) is 5.78 Å². The third-order valence-electron chi connectivity index (χ3n) is 8.39. The Balaban J connectivity index is 0.000000297. The molecule has 239 valence electrons. The van der Waals surface area contributed by atoms with Crippen LogP contribution in [0.5, 0.6) is 0 Å². The minimum atomic E-state index is 0. The SMILES string of the molecule is CC(C)(C)c1cc(-c2cc(-c3csc4cnccc34)ccn2)[c-]c2ccccc12.CCC(CC)C(=O)/C=C(\O)C(CC)CC.[Ir]. The van der Waals surface area contributed by atoms with Crippen LogP contribution in [0.1, 0.15) is 79.7 Å². The average Bonchev–Trinajstić information content (AvgIpc) is 3.46. The molecular weight excluding hydrogens is 753 g/mol. The number of benzene rings is 2. The van der Waals surface area contributed by atoms with Crippen LogP contribution in [0.15, 0.2) is 84.3 Å². The van der Waals surface area contributed by atoms with Crippen LogP contribution < -0.4 is 0 Å². The van der Waals surface area contributed by atoms with Crippen molar-refractivity contribution in [3.05, 3.63) is 96.0 Å². The molecule has 5 aromatic rings. The number of hydrogen-bond acceptors (Lipinski definition) is 5. The number of aliphatic hydroxyl groups is 1. The van der Waals surface area contributed by atoms with Crippen LogP contribution in [0.4, 0.5) is 0 Å². The summed E-state index contributed by atoms with van der Waals surface area (Å²) in [4.78, 5) is 20.6. The van der Waals surface area contributed by atoms with Gasteiger partial charge in [0.25, 0.3) is 0 Å². The maximum absolute atomic E-state index is 11.7. The molecule has 0 aliphatic carbocycles. The van der Waals surface area contributed by atoms with Crippen molar-refractivity contribution in [3.8, 4) is 22.4 Å². The van der Waals surface area contributed by atoms with E-state index in [1.54, 1.807) is 11.3 Å². The first-order valence-electron chi connectivity index (χ1n) is 15.8. The summed E-state index contributed by atoms with van der Waals surface area (Å²) in [5.74, 6) is 0.547. The zero-order valence-electron chi connectivity index (χ0n) is 27.5. The third-order valence-corrected chi connectivity index (χ3v) is 9.32. The van der Waals surface area contributed by atoms with E-state index in [9.17, 15) is 9.90 Å². The Hall–Kier alpha value is -3.18. The van der Waals surface area contributed by atoms with Gasteiger partial charge in [0.05, 0.1) is 10.5 Å². The topological polar surface area (TPSA) is 63.1 Å². The smallest absolute Gasteiger partial charge is 0.162 e. The predicted molar refractivity (Wildman–Crippen MR) is 187 cm³/mol. The van der Waals surface area contributed by atoms with Crippen molar-refractivity contribution in [2.24, 2.45) is 11.8 Å². The Morgan fingerprint density at radius 2 is 1.62 bits per heavy atom. The fraction of sp³-hybridized carbons (Fsp3) is 0.359. The second kappa shape index (κ2) is 16.4. The van der Waals surface area contributed by atoms with Gasteiger partial charge in [0.2, 0.25) is 0 Å². The second-order valence-electron chi connectivity index (χ2n) is 12.3. The first-order valence-corrected chi connectivity index (χ1v) is 16.7. The van der Waals surface area contributed by atoms with E-state index in [1.807, 2.05) is 46.3 Å². The van der Waals surface area contributed by atoms with E-state index in [0.29, 0.717) is 0 Å². The summed E-state index contributed by atoms with van der Waals surface area (Å²) in [7, 11) is 0. The summed E-state index contributed by atoms with van der Waals surface area (Å²) in [6.45, 7) is 14.8. The van der Waals surface area contributed by atoms with E-state index >= 15 is 0 Å². The molecule has 1 radical (unpaired) electrons.